The van der Waals surface area contributed by atoms with Gasteiger partial charge in [0.1, 0.15) is 10.8 Å². The Morgan fingerprint density at radius 2 is 1.46 bits per heavy atom. The molecule has 0 N–H and O–H groups in total. The molecule has 26 heavy (non-hydrogen) atoms. The summed E-state index contributed by atoms with van der Waals surface area (Å²) in [6, 6.07) is 28.2. The highest BCUT2D eigenvalue weighted by atomic mass is 32.2. The normalized spacial score (nSPS) is 12.1. The van der Waals surface area contributed by atoms with Crippen molar-refractivity contribution in [2.45, 2.75) is 18.7 Å². The van der Waals surface area contributed by atoms with Gasteiger partial charge in [-0.15, -0.1) is 0 Å². The van der Waals surface area contributed by atoms with Crippen LogP contribution in [0, 0.1) is 6.92 Å². The predicted molar refractivity (Wildman–Crippen MR) is 111 cm³/mol. The smallest absolute Gasteiger partial charge is 0.126 e. The van der Waals surface area contributed by atoms with Crippen molar-refractivity contribution < 1.29 is 4.74 Å². The van der Waals surface area contributed by atoms with Gasteiger partial charge in [0.2, 0.25) is 0 Å². The molecule has 0 bridgehead atoms. The topological polar surface area (TPSA) is 21.6 Å². The molecular formula is C23H21NOS. The van der Waals surface area contributed by atoms with Gasteiger partial charge in [0.15, 0.2) is 0 Å². The molecule has 0 saturated heterocycles. The molecule has 3 aromatic carbocycles. The summed E-state index contributed by atoms with van der Waals surface area (Å²) >= 11 is 1.63. The van der Waals surface area contributed by atoms with E-state index in [1.165, 1.54) is 5.56 Å². The zero-order chi connectivity index (χ0) is 18.2. The largest absolute Gasteiger partial charge is 0.465 e. The van der Waals surface area contributed by atoms with Crippen molar-refractivity contribution in [3.8, 4) is 5.75 Å². The lowest BCUT2D eigenvalue weighted by Gasteiger charge is -2.08. The van der Waals surface area contributed by atoms with E-state index in [9.17, 15) is 0 Å². The highest BCUT2D eigenvalue weighted by Crippen LogP contribution is 2.26. The van der Waals surface area contributed by atoms with E-state index < -0.39 is 0 Å². The second-order valence-electron chi connectivity index (χ2n) is 5.90. The molecule has 0 aliphatic heterocycles. The summed E-state index contributed by atoms with van der Waals surface area (Å²) in [7, 11) is 0. The standard InChI is InChI=1S/C23H21NOS/c1-18-13-15-20(16-14-18)24-23(26-22-11-7-4-8-12-22)19(2)17-25-21-9-5-3-6-10-21/h3-17H,1-2H3. The number of rotatable bonds is 5. The first-order valence-electron chi connectivity index (χ1n) is 8.48. The molecule has 0 fully saturated rings. The second-order valence-corrected chi connectivity index (χ2v) is 6.96. The van der Waals surface area contributed by atoms with E-state index in [-0.39, 0.29) is 0 Å². The molecule has 3 heteroatoms. The Balaban J connectivity index is 1.87. The van der Waals surface area contributed by atoms with Crippen LogP contribution in [0.5, 0.6) is 5.75 Å². The van der Waals surface area contributed by atoms with Gasteiger partial charge >= 0.3 is 0 Å². The van der Waals surface area contributed by atoms with Crippen molar-refractivity contribution in [3.63, 3.8) is 0 Å². The summed E-state index contributed by atoms with van der Waals surface area (Å²) < 4.78 is 5.79. The summed E-state index contributed by atoms with van der Waals surface area (Å²) in [5.74, 6) is 0.811. The molecule has 3 aromatic rings. The van der Waals surface area contributed by atoms with Gasteiger partial charge in [-0.2, -0.15) is 0 Å². The third kappa shape index (κ3) is 5.36. The van der Waals surface area contributed by atoms with E-state index >= 15 is 0 Å². The van der Waals surface area contributed by atoms with Crippen LogP contribution in [0.2, 0.25) is 0 Å². The van der Waals surface area contributed by atoms with E-state index in [1.807, 2.05) is 67.6 Å². The fraction of sp³-hybridized carbons (Fsp3) is 0.0870. The Hall–Kier alpha value is -2.78. The molecule has 0 spiro atoms. The van der Waals surface area contributed by atoms with Crippen molar-refractivity contribution in [2.75, 3.05) is 0 Å². The number of benzene rings is 3. The van der Waals surface area contributed by atoms with Crippen molar-refractivity contribution in [3.05, 3.63) is 102 Å². The van der Waals surface area contributed by atoms with E-state index in [2.05, 4.69) is 31.2 Å². The average Bonchev–Trinajstić information content (AvgIpc) is 2.69. The third-order valence-electron chi connectivity index (χ3n) is 3.67. The van der Waals surface area contributed by atoms with E-state index in [0.717, 1.165) is 26.9 Å². The van der Waals surface area contributed by atoms with E-state index in [4.69, 9.17) is 9.73 Å². The third-order valence-corrected chi connectivity index (χ3v) is 4.79. The summed E-state index contributed by atoms with van der Waals surface area (Å²) in [6.07, 6.45) is 1.76. The molecule has 3 rings (SSSR count). The van der Waals surface area contributed by atoms with Gasteiger partial charge < -0.3 is 4.74 Å². The molecule has 130 valence electrons. The quantitative estimate of drug-likeness (QED) is 0.216. The van der Waals surface area contributed by atoms with Crippen LogP contribution >= 0.6 is 11.8 Å². The highest BCUT2D eigenvalue weighted by Gasteiger charge is 2.07. The van der Waals surface area contributed by atoms with Crippen molar-refractivity contribution in [2.24, 2.45) is 4.99 Å². The Morgan fingerprint density at radius 1 is 0.846 bits per heavy atom. The fourth-order valence-corrected chi connectivity index (χ4v) is 3.11. The van der Waals surface area contributed by atoms with Crippen LogP contribution in [0.25, 0.3) is 0 Å². The molecule has 0 amide bonds. The first-order chi connectivity index (χ1) is 12.7. The number of aryl methyl sites for hydroxylation is 1. The van der Waals surface area contributed by atoms with Crippen LogP contribution in [0.4, 0.5) is 5.69 Å². The van der Waals surface area contributed by atoms with Crippen LogP contribution in [0.15, 0.2) is 107 Å². The molecule has 0 aromatic heterocycles. The van der Waals surface area contributed by atoms with Crippen LogP contribution in [-0.2, 0) is 0 Å². The van der Waals surface area contributed by atoms with Crippen LogP contribution in [0.3, 0.4) is 0 Å². The lowest BCUT2D eigenvalue weighted by atomic mass is 10.2. The summed E-state index contributed by atoms with van der Waals surface area (Å²) in [6.45, 7) is 4.10. The molecule has 0 saturated carbocycles. The Labute approximate surface area is 159 Å². The minimum Gasteiger partial charge on any atom is -0.465 e. The number of aliphatic imine (C=N–C) groups is 1. The minimum atomic E-state index is 0.811. The summed E-state index contributed by atoms with van der Waals surface area (Å²) in [4.78, 5) is 5.98. The predicted octanol–water partition coefficient (Wildman–Crippen LogP) is 6.80. The molecule has 0 unspecified atom stereocenters. The van der Waals surface area contributed by atoms with Crippen LogP contribution < -0.4 is 4.74 Å². The fourth-order valence-electron chi connectivity index (χ4n) is 2.23. The van der Waals surface area contributed by atoms with Gasteiger partial charge in [0, 0.05) is 10.5 Å². The Bertz CT molecular complexity index is 885. The van der Waals surface area contributed by atoms with Gasteiger partial charge in [-0.3, -0.25) is 0 Å². The maximum absolute atomic E-state index is 5.79. The summed E-state index contributed by atoms with van der Waals surface area (Å²) in [5.41, 5.74) is 3.13. The van der Waals surface area contributed by atoms with Crippen LogP contribution in [0.1, 0.15) is 12.5 Å². The monoisotopic (exact) mass is 359 g/mol. The van der Waals surface area contributed by atoms with E-state index in [0.29, 0.717) is 0 Å². The maximum atomic E-state index is 5.79. The first-order valence-corrected chi connectivity index (χ1v) is 9.29. The SMILES string of the molecule is CC(=COc1ccccc1)C(=Nc1ccc(C)cc1)Sc1ccccc1. The number of hydrogen-bond donors (Lipinski definition) is 0. The first kappa shape index (κ1) is 18.0. The Kier molecular flexibility index (Phi) is 6.29. The number of para-hydroxylation sites is 1. The zero-order valence-corrected chi connectivity index (χ0v) is 15.7. The highest BCUT2D eigenvalue weighted by molar-refractivity contribution is 8.14. The van der Waals surface area contributed by atoms with Gasteiger partial charge in [-0.25, -0.2) is 4.99 Å². The number of hydrogen-bond acceptors (Lipinski definition) is 3. The molecule has 0 aliphatic rings. The molecule has 0 radical (unpaired) electrons. The van der Waals surface area contributed by atoms with Crippen molar-refractivity contribution in [1.82, 2.24) is 0 Å². The molecular weight excluding hydrogens is 338 g/mol. The van der Waals surface area contributed by atoms with Gasteiger partial charge in [0.05, 0.1) is 11.9 Å². The Morgan fingerprint density at radius 3 is 2.12 bits per heavy atom. The molecule has 0 atom stereocenters. The lowest BCUT2D eigenvalue weighted by molar-refractivity contribution is 0.478. The van der Waals surface area contributed by atoms with E-state index in [1.54, 1.807) is 18.0 Å². The second kappa shape index (κ2) is 9.07. The average molecular weight is 359 g/mol. The number of thioether (sulfide) groups is 1. The van der Waals surface area contributed by atoms with Crippen molar-refractivity contribution in [1.29, 1.82) is 0 Å². The minimum absolute atomic E-state index is 0.811. The molecule has 2 nitrogen and oxygen atoms in total. The number of nitrogens with zero attached hydrogens (tertiary/aromatic N) is 1. The van der Waals surface area contributed by atoms with Crippen molar-refractivity contribution >= 4 is 22.5 Å². The lowest BCUT2D eigenvalue weighted by Crippen LogP contribution is -1.97. The summed E-state index contributed by atoms with van der Waals surface area (Å²) in [5, 5.41) is 0.913. The van der Waals surface area contributed by atoms with Gasteiger partial charge in [-0.05, 0) is 50.2 Å². The molecule has 0 heterocycles. The van der Waals surface area contributed by atoms with Gasteiger partial charge in [-0.1, -0.05) is 65.9 Å². The van der Waals surface area contributed by atoms with Crippen LogP contribution in [-0.4, -0.2) is 5.04 Å². The number of ether oxygens (including phenoxy) is 1. The zero-order valence-electron chi connectivity index (χ0n) is 14.9. The molecule has 0 aliphatic carbocycles. The van der Waals surface area contributed by atoms with Gasteiger partial charge in [0.25, 0.3) is 0 Å². The maximum Gasteiger partial charge on any atom is 0.126 e.